The van der Waals surface area contributed by atoms with Crippen molar-refractivity contribution in [2.75, 3.05) is 35.2 Å². The maximum atomic E-state index is 12.3. The van der Waals surface area contributed by atoms with Crippen molar-refractivity contribution in [3.05, 3.63) is 60.8 Å². The lowest BCUT2D eigenvalue weighted by atomic mass is 9.99. The molecule has 0 aliphatic carbocycles. The van der Waals surface area contributed by atoms with Gasteiger partial charge in [0, 0.05) is 36.0 Å². The first-order valence-corrected chi connectivity index (χ1v) is 9.91. The van der Waals surface area contributed by atoms with E-state index in [1.165, 1.54) is 18.5 Å². The number of amides is 1. The predicted molar refractivity (Wildman–Crippen MR) is 116 cm³/mol. The molecular weight excluding hydrogens is 348 g/mol. The van der Waals surface area contributed by atoms with E-state index in [1.807, 2.05) is 42.5 Å². The fraction of sp³-hybridized carbons (Fsp3) is 0.304. The Morgan fingerprint density at radius 3 is 2.61 bits per heavy atom. The summed E-state index contributed by atoms with van der Waals surface area (Å²) >= 11 is 0. The lowest BCUT2D eigenvalue weighted by Crippen LogP contribution is -2.32. The number of rotatable bonds is 5. The van der Waals surface area contributed by atoms with Crippen LogP contribution in [0.3, 0.4) is 0 Å². The van der Waals surface area contributed by atoms with Crippen LogP contribution in [0.2, 0.25) is 0 Å². The molecule has 1 fully saturated rings. The van der Waals surface area contributed by atoms with E-state index in [1.54, 1.807) is 6.20 Å². The summed E-state index contributed by atoms with van der Waals surface area (Å²) in [6.07, 6.45) is 4.25. The quantitative estimate of drug-likeness (QED) is 0.689. The van der Waals surface area contributed by atoms with Gasteiger partial charge in [-0.05, 0) is 55.2 Å². The van der Waals surface area contributed by atoms with Gasteiger partial charge >= 0.3 is 0 Å². The van der Waals surface area contributed by atoms with Crippen LogP contribution in [0, 0.1) is 5.92 Å². The third kappa shape index (κ3) is 4.25. The maximum absolute atomic E-state index is 12.3. The molecule has 1 amide bonds. The van der Waals surface area contributed by atoms with E-state index in [2.05, 4.69) is 39.6 Å². The Morgan fingerprint density at radius 1 is 1.07 bits per heavy atom. The minimum Gasteiger partial charge on any atom is -0.374 e. The highest BCUT2D eigenvalue weighted by Gasteiger charge is 2.16. The lowest BCUT2D eigenvalue weighted by molar-refractivity contribution is -0.114. The third-order valence-electron chi connectivity index (χ3n) is 5.37. The molecule has 144 valence electrons. The highest BCUT2D eigenvalue weighted by Crippen LogP contribution is 2.24. The number of nitrogens with zero attached hydrogens (tertiary/aromatic N) is 2. The van der Waals surface area contributed by atoms with Crippen LogP contribution in [-0.2, 0) is 4.79 Å². The number of piperidine rings is 1. The van der Waals surface area contributed by atoms with E-state index in [0.717, 1.165) is 41.3 Å². The summed E-state index contributed by atoms with van der Waals surface area (Å²) in [4.78, 5) is 19.2. The van der Waals surface area contributed by atoms with Crippen LogP contribution in [0.15, 0.2) is 60.8 Å². The standard InChI is InChI=1S/C23H26N4O/c1-17-11-14-27(15-12-17)20-9-7-19(8-10-20)26-22(28)16-25-21-6-2-4-18-5-3-13-24-23(18)21/h2-10,13,17,25H,11-12,14-16H2,1H3,(H,26,28). The van der Waals surface area contributed by atoms with Crippen molar-refractivity contribution in [3.63, 3.8) is 0 Å². The molecule has 5 heteroatoms. The SMILES string of the molecule is CC1CCN(c2ccc(NC(=O)CNc3cccc4cccnc34)cc2)CC1. The average Bonchev–Trinajstić information content (AvgIpc) is 2.73. The van der Waals surface area contributed by atoms with Crippen LogP contribution in [0.5, 0.6) is 0 Å². The second-order valence-electron chi connectivity index (χ2n) is 7.50. The molecule has 1 aromatic heterocycles. The van der Waals surface area contributed by atoms with Crippen molar-refractivity contribution in [3.8, 4) is 0 Å². The number of benzene rings is 2. The van der Waals surface area contributed by atoms with E-state index >= 15 is 0 Å². The van der Waals surface area contributed by atoms with Gasteiger partial charge in [0.05, 0.1) is 17.7 Å². The molecule has 0 atom stereocenters. The number of pyridine rings is 1. The normalized spacial score (nSPS) is 14.8. The van der Waals surface area contributed by atoms with Gasteiger partial charge in [0.25, 0.3) is 0 Å². The molecule has 3 aromatic rings. The molecule has 2 N–H and O–H groups in total. The largest absolute Gasteiger partial charge is 0.374 e. The number of aromatic nitrogens is 1. The van der Waals surface area contributed by atoms with Gasteiger partial charge in [-0.3, -0.25) is 9.78 Å². The van der Waals surface area contributed by atoms with Crippen molar-refractivity contribution in [1.82, 2.24) is 4.98 Å². The lowest BCUT2D eigenvalue weighted by Gasteiger charge is -2.32. The highest BCUT2D eigenvalue weighted by molar-refractivity contribution is 5.96. The number of hydrogen-bond donors (Lipinski definition) is 2. The Morgan fingerprint density at radius 2 is 1.82 bits per heavy atom. The molecule has 4 rings (SSSR count). The van der Waals surface area contributed by atoms with Crippen LogP contribution in [0.4, 0.5) is 17.1 Å². The van der Waals surface area contributed by atoms with Gasteiger partial charge in [0.2, 0.25) is 5.91 Å². The summed E-state index contributed by atoms with van der Waals surface area (Å²) in [5.74, 6) is 0.742. The van der Waals surface area contributed by atoms with Gasteiger partial charge in [0.15, 0.2) is 0 Å². The van der Waals surface area contributed by atoms with Crippen LogP contribution in [0.1, 0.15) is 19.8 Å². The number of hydrogen-bond acceptors (Lipinski definition) is 4. The molecule has 0 saturated carbocycles. The van der Waals surface area contributed by atoms with Crippen molar-refractivity contribution in [2.24, 2.45) is 5.92 Å². The summed E-state index contributed by atoms with van der Waals surface area (Å²) in [7, 11) is 0. The molecular formula is C23H26N4O. The molecule has 1 aliphatic heterocycles. The maximum Gasteiger partial charge on any atom is 0.243 e. The Kier molecular flexibility index (Phi) is 5.42. The van der Waals surface area contributed by atoms with Crippen LogP contribution in [-0.4, -0.2) is 30.5 Å². The second kappa shape index (κ2) is 8.30. The Balaban J connectivity index is 1.33. The fourth-order valence-electron chi connectivity index (χ4n) is 3.65. The van der Waals surface area contributed by atoms with Gasteiger partial charge in [-0.15, -0.1) is 0 Å². The van der Waals surface area contributed by atoms with Gasteiger partial charge in [-0.25, -0.2) is 0 Å². The van der Waals surface area contributed by atoms with Crippen LogP contribution in [0.25, 0.3) is 10.9 Å². The summed E-state index contributed by atoms with van der Waals surface area (Å²) < 4.78 is 0. The van der Waals surface area contributed by atoms with Gasteiger partial charge < -0.3 is 15.5 Å². The van der Waals surface area contributed by atoms with E-state index < -0.39 is 0 Å². The molecule has 1 saturated heterocycles. The predicted octanol–water partition coefficient (Wildman–Crippen LogP) is 4.52. The van der Waals surface area contributed by atoms with Gasteiger partial charge in [0.1, 0.15) is 0 Å². The summed E-state index contributed by atoms with van der Waals surface area (Å²) in [6, 6.07) is 18.0. The fourth-order valence-corrected chi connectivity index (χ4v) is 3.65. The Labute approximate surface area is 165 Å². The first-order valence-electron chi connectivity index (χ1n) is 9.91. The first-order chi connectivity index (χ1) is 13.7. The number of fused-ring (bicyclic) bond motifs is 1. The zero-order valence-electron chi connectivity index (χ0n) is 16.2. The molecule has 2 aromatic carbocycles. The topological polar surface area (TPSA) is 57.3 Å². The monoisotopic (exact) mass is 374 g/mol. The average molecular weight is 374 g/mol. The smallest absolute Gasteiger partial charge is 0.243 e. The van der Waals surface area contributed by atoms with E-state index in [-0.39, 0.29) is 12.5 Å². The Hall–Kier alpha value is -3.08. The summed E-state index contributed by atoms with van der Waals surface area (Å²) in [5.41, 5.74) is 3.78. The van der Waals surface area contributed by atoms with Crippen LogP contribution < -0.4 is 15.5 Å². The van der Waals surface area contributed by atoms with Crippen molar-refractivity contribution < 1.29 is 4.79 Å². The van der Waals surface area contributed by atoms with Gasteiger partial charge in [-0.2, -0.15) is 0 Å². The minimum absolute atomic E-state index is 0.0764. The van der Waals surface area contributed by atoms with Crippen molar-refractivity contribution in [1.29, 1.82) is 0 Å². The zero-order chi connectivity index (χ0) is 19.3. The number of para-hydroxylation sites is 1. The first kappa shape index (κ1) is 18.3. The van der Waals surface area contributed by atoms with E-state index in [0.29, 0.717) is 0 Å². The molecule has 2 heterocycles. The van der Waals surface area contributed by atoms with Crippen molar-refractivity contribution >= 4 is 33.9 Å². The molecule has 0 bridgehead atoms. The number of anilines is 3. The van der Waals surface area contributed by atoms with Gasteiger partial charge in [-0.1, -0.05) is 25.1 Å². The Bertz CT molecular complexity index is 941. The molecule has 1 aliphatic rings. The van der Waals surface area contributed by atoms with E-state index in [9.17, 15) is 4.79 Å². The summed E-state index contributed by atoms with van der Waals surface area (Å²) in [5, 5.41) is 7.20. The number of carbonyl (C=O) groups excluding carboxylic acids is 1. The molecule has 0 unspecified atom stereocenters. The zero-order valence-corrected chi connectivity index (χ0v) is 16.2. The molecule has 28 heavy (non-hydrogen) atoms. The third-order valence-corrected chi connectivity index (χ3v) is 5.37. The second-order valence-corrected chi connectivity index (χ2v) is 7.50. The minimum atomic E-state index is -0.0764. The van der Waals surface area contributed by atoms with E-state index in [4.69, 9.17) is 0 Å². The molecule has 5 nitrogen and oxygen atoms in total. The molecule has 0 radical (unpaired) electrons. The summed E-state index contributed by atoms with van der Waals surface area (Å²) in [6.45, 7) is 4.73. The van der Waals surface area contributed by atoms with Crippen LogP contribution >= 0.6 is 0 Å². The highest BCUT2D eigenvalue weighted by atomic mass is 16.1. The molecule has 0 spiro atoms. The van der Waals surface area contributed by atoms with Crippen molar-refractivity contribution in [2.45, 2.75) is 19.8 Å². The number of nitrogens with one attached hydrogen (secondary N) is 2. The number of carbonyl (C=O) groups is 1.